The van der Waals surface area contributed by atoms with E-state index >= 15 is 0 Å². The van der Waals surface area contributed by atoms with Crippen LogP contribution in [-0.2, 0) is 4.74 Å². The molecular formula is C12H18N4O6. The highest BCUT2D eigenvalue weighted by molar-refractivity contribution is 5.47. The van der Waals surface area contributed by atoms with Gasteiger partial charge in [0.1, 0.15) is 24.5 Å². The normalized spacial score (nSPS) is 31.7. The summed E-state index contributed by atoms with van der Waals surface area (Å²) in [6.45, 7) is -0.472. The number of nitrogens with zero attached hydrogens (tertiary/aromatic N) is 1. The second-order valence-corrected chi connectivity index (χ2v) is 4.91. The molecule has 7 N–H and O–H groups in total. The predicted octanol–water partition coefficient (Wildman–Crippen LogP) is -1.72. The monoisotopic (exact) mass is 314 g/mol. The van der Waals surface area contributed by atoms with E-state index in [1.807, 2.05) is 0 Å². The minimum atomic E-state index is -1.28. The molecule has 22 heavy (non-hydrogen) atoms. The number of aliphatic hydroxyl groups is 3. The van der Waals surface area contributed by atoms with Gasteiger partial charge in [0.2, 0.25) is 0 Å². The van der Waals surface area contributed by atoms with Gasteiger partial charge >= 0.3 is 0 Å². The van der Waals surface area contributed by atoms with Crippen molar-refractivity contribution in [3.8, 4) is 0 Å². The van der Waals surface area contributed by atoms with Crippen LogP contribution in [0.4, 0.5) is 11.4 Å². The summed E-state index contributed by atoms with van der Waals surface area (Å²) in [5.41, 5.74) is 11.7. The lowest BCUT2D eigenvalue weighted by Crippen LogP contribution is -2.66. The fourth-order valence-electron chi connectivity index (χ4n) is 2.09. The van der Waals surface area contributed by atoms with Crippen molar-refractivity contribution >= 4 is 11.4 Å². The summed E-state index contributed by atoms with van der Waals surface area (Å²) in [6, 6.07) is 4.67. The van der Waals surface area contributed by atoms with Crippen molar-refractivity contribution in [3.63, 3.8) is 0 Å². The minimum absolute atomic E-state index is 0.0462. The third-order valence-corrected chi connectivity index (χ3v) is 3.41. The number of ether oxygens (including phenoxy) is 1. The van der Waals surface area contributed by atoms with Gasteiger partial charge < -0.3 is 31.2 Å². The smallest absolute Gasteiger partial charge is 0.269 e. The molecule has 10 nitrogen and oxygen atoms in total. The first kappa shape index (κ1) is 16.5. The van der Waals surface area contributed by atoms with Gasteiger partial charge in [0, 0.05) is 17.8 Å². The largest absolute Gasteiger partial charge is 0.394 e. The van der Waals surface area contributed by atoms with E-state index in [4.69, 9.17) is 15.6 Å². The summed E-state index contributed by atoms with van der Waals surface area (Å²) >= 11 is 0. The molecule has 1 aliphatic rings. The van der Waals surface area contributed by atoms with Crippen LogP contribution in [0.3, 0.4) is 0 Å². The molecule has 1 aliphatic heterocycles. The number of nitro benzene ring substituents is 1. The third kappa shape index (κ3) is 3.50. The molecule has 1 aromatic carbocycles. The zero-order chi connectivity index (χ0) is 16.3. The highest BCUT2D eigenvalue weighted by Gasteiger charge is 2.42. The highest BCUT2D eigenvalue weighted by atomic mass is 16.6. The Labute approximate surface area is 125 Å². The number of benzene rings is 1. The average molecular weight is 314 g/mol. The molecular weight excluding hydrogens is 296 g/mol. The number of nitrogens with one attached hydrogen (secondary N) is 2. The number of aliphatic hydroxyl groups excluding tert-OH is 3. The lowest BCUT2D eigenvalue weighted by molar-refractivity contribution is -0.384. The number of nitro groups is 1. The van der Waals surface area contributed by atoms with Crippen LogP contribution >= 0.6 is 0 Å². The maximum Gasteiger partial charge on any atom is 0.269 e. The van der Waals surface area contributed by atoms with Gasteiger partial charge in [0.05, 0.1) is 17.6 Å². The van der Waals surface area contributed by atoms with Crippen LogP contribution in [0.5, 0.6) is 0 Å². The van der Waals surface area contributed by atoms with Gasteiger partial charge in [0.25, 0.3) is 5.69 Å². The Bertz CT molecular complexity index is 511. The topological polar surface area (TPSA) is 163 Å². The Hall–Kier alpha value is -1.82. The fraction of sp³-hybridized carbons (Fsp3) is 0.500. The van der Waals surface area contributed by atoms with Crippen molar-refractivity contribution in [2.24, 2.45) is 5.73 Å². The summed E-state index contributed by atoms with van der Waals surface area (Å²) < 4.78 is 5.35. The lowest BCUT2D eigenvalue weighted by Gasteiger charge is -2.41. The first-order valence-corrected chi connectivity index (χ1v) is 6.58. The van der Waals surface area contributed by atoms with Crippen molar-refractivity contribution in [1.82, 2.24) is 5.43 Å². The van der Waals surface area contributed by atoms with Crippen molar-refractivity contribution in [1.29, 1.82) is 0 Å². The zero-order valence-corrected chi connectivity index (χ0v) is 11.5. The van der Waals surface area contributed by atoms with Crippen molar-refractivity contribution < 1.29 is 25.0 Å². The summed E-state index contributed by atoms with van der Waals surface area (Å²) in [4.78, 5) is 10.0. The van der Waals surface area contributed by atoms with Crippen LogP contribution in [-0.4, -0.2) is 57.4 Å². The van der Waals surface area contributed by atoms with Gasteiger partial charge in [-0.3, -0.25) is 10.1 Å². The SMILES string of the molecule is N[C@@H]1[C@@H](O)[C@@H](O)[C@@H](CO)O[C@H]1NNc1ccc([N+](=O)[O-])cc1. The van der Waals surface area contributed by atoms with E-state index < -0.39 is 42.1 Å². The molecule has 1 saturated heterocycles. The first-order chi connectivity index (χ1) is 10.4. The number of nitrogens with two attached hydrogens (primary N) is 1. The van der Waals surface area contributed by atoms with Crippen LogP contribution in [0.1, 0.15) is 0 Å². The van der Waals surface area contributed by atoms with Crippen molar-refractivity contribution in [2.75, 3.05) is 12.0 Å². The predicted molar refractivity (Wildman–Crippen MR) is 75.6 cm³/mol. The molecule has 2 rings (SSSR count). The Morgan fingerprint density at radius 2 is 1.91 bits per heavy atom. The van der Waals surface area contributed by atoms with E-state index in [0.29, 0.717) is 5.69 Å². The summed E-state index contributed by atoms with van der Waals surface area (Å²) in [7, 11) is 0. The molecule has 1 heterocycles. The third-order valence-electron chi connectivity index (χ3n) is 3.41. The zero-order valence-electron chi connectivity index (χ0n) is 11.5. The number of hydrogen-bond acceptors (Lipinski definition) is 9. The number of hydrogen-bond donors (Lipinski definition) is 6. The number of anilines is 1. The van der Waals surface area contributed by atoms with E-state index in [2.05, 4.69) is 10.9 Å². The van der Waals surface area contributed by atoms with E-state index in [1.165, 1.54) is 24.3 Å². The Morgan fingerprint density at radius 1 is 1.27 bits per heavy atom. The Balaban J connectivity index is 1.96. The highest BCUT2D eigenvalue weighted by Crippen LogP contribution is 2.19. The molecule has 0 spiro atoms. The van der Waals surface area contributed by atoms with Crippen LogP contribution in [0.25, 0.3) is 0 Å². The van der Waals surface area contributed by atoms with E-state index in [-0.39, 0.29) is 5.69 Å². The molecule has 0 radical (unpaired) electrons. The number of non-ortho nitro benzene ring substituents is 1. The molecule has 0 saturated carbocycles. The minimum Gasteiger partial charge on any atom is -0.394 e. The molecule has 0 aromatic heterocycles. The Kier molecular flexibility index (Phi) is 5.24. The quantitative estimate of drug-likeness (QED) is 0.274. The maximum absolute atomic E-state index is 10.6. The van der Waals surface area contributed by atoms with Gasteiger partial charge in [0.15, 0.2) is 0 Å². The maximum atomic E-state index is 10.6. The van der Waals surface area contributed by atoms with E-state index in [1.54, 1.807) is 0 Å². The van der Waals surface area contributed by atoms with Crippen molar-refractivity contribution in [2.45, 2.75) is 30.6 Å². The van der Waals surface area contributed by atoms with Gasteiger partial charge in [-0.05, 0) is 12.1 Å². The molecule has 0 unspecified atom stereocenters. The van der Waals surface area contributed by atoms with Gasteiger partial charge in [-0.1, -0.05) is 0 Å². The molecule has 0 amide bonds. The van der Waals surface area contributed by atoms with Crippen LogP contribution in [0.2, 0.25) is 0 Å². The molecule has 10 heteroatoms. The molecule has 1 fully saturated rings. The molecule has 0 aliphatic carbocycles. The molecule has 1 aromatic rings. The van der Waals surface area contributed by atoms with E-state index in [9.17, 15) is 20.3 Å². The second-order valence-electron chi connectivity index (χ2n) is 4.91. The van der Waals surface area contributed by atoms with Crippen molar-refractivity contribution in [3.05, 3.63) is 34.4 Å². The second kappa shape index (κ2) is 6.96. The lowest BCUT2D eigenvalue weighted by atomic mass is 9.97. The average Bonchev–Trinajstić information content (AvgIpc) is 2.52. The number of rotatable bonds is 5. The molecule has 5 atom stereocenters. The fourth-order valence-corrected chi connectivity index (χ4v) is 2.09. The van der Waals surface area contributed by atoms with E-state index in [0.717, 1.165) is 0 Å². The number of hydrazine groups is 1. The summed E-state index contributed by atoms with van der Waals surface area (Å²) in [5, 5.41) is 39.1. The van der Waals surface area contributed by atoms with Gasteiger partial charge in [-0.15, -0.1) is 0 Å². The summed E-state index contributed by atoms with van der Waals surface area (Å²) in [5.74, 6) is 0. The standard InChI is InChI=1S/C12H18N4O6/c13-9-11(19)10(18)8(5-17)22-12(9)15-14-6-1-3-7(4-2-6)16(20)21/h1-4,8-12,14-15,17-19H,5,13H2/t8-,9-,10+,11-,12-/m1/s1. The van der Waals surface area contributed by atoms with Crippen LogP contribution in [0, 0.1) is 10.1 Å². The van der Waals surface area contributed by atoms with Gasteiger partial charge in [-0.2, -0.15) is 0 Å². The van der Waals surface area contributed by atoms with Crippen LogP contribution in [0.15, 0.2) is 24.3 Å². The Morgan fingerprint density at radius 3 is 2.45 bits per heavy atom. The van der Waals surface area contributed by atoms with Crippen LogP contribution < -0.4 is 16.6 Å². The summed E-state index contributed by atoms with van der Waals surface area (Å²) in [6.07, 6.45) is -4.38. The molecule has 122 valence electrons. The van der Waals surface area contributed by atoms with Gasteiger partial charge in [-0.25, -0.2) is 5.43 Å². The first-order valence-electron chi connectivity index (χ1n) is 6.58. The molecule has 0 bridgehead atoms.